The van der Waals surface area contributed by atoms with Crippen LogP contribution < -0.4 is 5.32 Å². The van der Waals surface area contributed by atoms with Crippen LogP contribution in [0, 0.1) is 0 Å². The van der Waals surface area contributed by atoms with Crippen molar-refractivity contribution < 1.29 is 9.53 Å². The number of fused-ring (bicyclic) bond motifs is 1. The van der Waals surface area contributed by atoms with E-state index >= 15 is 0 Å². The number of carbonyl (C=O) groups excluding carboxylic acids is 1. The third kappa shape index (κ3) is 2.87. The molecule has 0 aliphatic carbocycles. The van der Waals surface area contributed by atoms with Gasteiger partial charge >= 0.3 is 5.97 Å². The van der Waals surface area contributed by atoms with Gasteiger partial charge in [-0.2, -0.15) is 0 Å². The van der Waals surface area contributed by atoms with Gasteiger partial charge in [0.2, 0.25) is 0 Å². The number of benzene rings is 2. The van der Waals surface area contributed by atoms with Gasteiger partial charge in [0.15, 0.2) is 0 Å². The first-order valence-electron chi connectivity index (χ1n) is 6.55. The molecule has 1 unspecified atom stereocenters. The maximum atomic E-state index is 11.9. The zero-order valence-corrected chi connectivity index (χ0v) is 13.0. The summed E-state index contributed by atoms with van der Waals surface area (Å²) in [5, 5.41) is 3.94. The molecule has 108 valence electrons. The lowest BCUT2D eigenvalue weighted by Crippen LogP contribution is -2.13. The normalized spacial score (nSPS) is 16.4. The van der Waals surface area contributed by atoms with Crippen molar-refractivity contribution in [3.05, 3.63) is 58.6 Å². The number of hydrogen-bond acceptors (Lipinski definition) is 4. The average Bonchev–Trinajstić information content (AvgIpc) is 2.91. The molecule has 0 fully saturated rings. The summed E-state index contributed by atoms with van der Waals surface area (Å²) in [5.41, 5.74) is 2.46. The molecule has 0 saturated heterocycles. The molecule has 0 spiro atoms. The minimum Gasteiger partial charge on any atom is -0.465 e. The van der Waals surface area contributed by atoms with E-state index in [1.807, 2.05) is 30.0 Å². The van der Waals surface area contributed by atoms with E-state index in [0.29, 0.717) is 10.6 Å². The average molecular weight is 320 g/mol. The van der Waals surface area contributed by atoms with E-state index in [1.165, 1.54) is 17.6 Å². The summed E-state index contributed by atoms with van der Waals surface area (Å²) in [6.45, 7) is 0. The zero-order chi connectivity index (χ0) is 14.8. The van der Waals surface area contributed by atoms with E-state index < -0.39 is 0 Å². The van der Waals surface area contributed by atoms with Crippen molar-refractivity contribution in [2.45, 2.75) is 10.9 Å². The number of carbonyl (C=O) groups is 1. The van der Waals surface area contributed by atoms with E-state index in [4.69, 9.17) is 16.3 Å². The SMILES string of the molecule is COC(=O)c1cc(Cl)ccc1NC1CSc2ccccc21. The van der Waals surface area contributed by atoms with Gasteiger partial charge in [0, 0.05) is 21.4 Å². The van der Waals surface area contributed by atoms with Crippen molar-refractivity contribution >= 4 is 35.0 Å². The Kier molecular flexibility index (Phi) is 4.08. The second-order valence-corrected chi connectivity index (χ2v) is 6.23. The van der Waals surface area contributed by atoms with Crippen molar-refractivity contribution in [1.82, 2.24) is 0 Å². The lowest BCUT2D eigenvalue weighted by atomic mass is 10.1. The van der Waals surface area contributed by atoms with Crippen LogP contribution in [-0.2, 0) is 4.74 Å². The summed E-state index contributed by atoms with van der Waals surface area (Å²) in [5.74, 6) is 0.543. The van der Waals surface area contributed by atoms with Crippen LogP contribution in [0.3, 0.4) is 0 Å². The van der Waals surface area contributed by atoms with Crippen LogP contribution in [0.4, 0.5) is 5.69 Å². The molecule has 5 heteroatoms. The molecule has 0 saturated carbocycles. The van der Waals surface area contributed by atoms with E-state index in [9.17, 15) is 4.79 Å². The third-order valence-electron chi connectivity index (χ3n) is 3.42. The molecule has 0 amide bonds. The van der Waals surface area contributed by atoms with E-state index in [1.54, 1.807) is 12.1 Å². The van der Waals surface area contributed by atoms with Crippen LogP contribution in [0.25, 0.3) is 0 Å². The first-order chi connectivity index (χ1) is 10.2. The topological polar surface area (TPSA) is 38.3 Å². The van der Waals surface area contributed by atoms with E-state index in [0.717, 1.165) is 11.4 Å². The van der Waals surface area contributed by atoms with Crippen LogP contribution in [-0.4, -0.2) is 18.8 Å². The highest BCUT2D eigenvalue weighted by molar-refractivity contribution is 7.99. The van der Waals surface area contributed by atoms with Gasteiger partial charge < -0.3 is 10.1 Å². The summed E-state index contributed by atoms with van der Waals surface area (Å²) in [7, 11) is 1.37. The van der Waals surface area contributed by atoms with Gasteiger partial charge in [-0.25, -0.2) is 4.79 Å². The van der Waals surface area contributed by atoms with Crippen LogP contribution in [0.1, 0.15) is 22.0 Å². The number of halogens is 1. The Hall–Kier alpha value is -1.65. The molecule has 2 aromatic carbocycles. The number of ether oxygens (including phenoxy) is 1. The second-order valence-electron chi connectivity index (χ2n) is 4.73. The molecule has 3 rings (SSSR count). The Morgan fingerprint density at radius 3 is 2.95 bits per heavy atom. The van der Waals surface area contributed by atoms with Crippen molar-refractivity contribution in [3.8, 4) is 0 Å². The fraction of sp³-hybridized carbons (Fsp3) is 0.188. The highest BCUT2D eigenvalue weighted by atomic mass is 35.5. The monoisotopic (exact) mass is 319 g/mol. The van der Waals surface area contributed by atoms with Crippen LogP contribution in [0.2, 0.25) is 5.02 Å². The number of methoxy groups -OCH3 is 1. The van der Waals surface area contributed by atoms with Crippen molar-refractivity contribution in [1.29, 1.82) is 0 Å². The Morgan fingerprint density at radius 1 is 1.33 bits per heavy atom. The zero-order valence-electron chi connectivity index (χ0n) is 11.4. The number of nitrogens with one attached hydrogen (secondary N) is 1. The van der Waals surface area contributed by atoms with E-state index in [2.05, 4.69) is 17.4 Å². The Morgan fingerprint density at radius 2 is 2.14 bits per heavy atom. The number of esters is 1. The second kappa shape index (κ2) is 6.00. The summed E-state index contributed by atoms with van der Waals surface area (Å²) in [4.78, 5) is 13.2. The number of hydrogen-bond donors (Lipinski definition) is 1. The predicted octanol–water partition coefficient (Wildman–Crippen LogP) is 4.39. The molecule has 2 aromatic rings. The highest BCUT2D eigenvalue weighted by Crippen LogP contribution is 2.40. The van der Waals surface area contributed by atoms with Crippen molar-refractivity contribution in [2.24, 2.45) is 0 Å². The molecule has 3 nitrogen and oxygen atoms in total. The Bertz CT molecular complexity index is 690. The fourth-order valence-corrected chi connectivity index (χ4v) is 3.72. The Labute approximate surface area is 132 Å². The van der Waals surface area contributed by atoms with E-state index in [-0.39, 0.29) is 12.0 Å². The maximum absolute atomic E-state index is 11.9. The molecule has 21 heavy (non-hydrogen) atoms. The van der Waals surface area contributed by atoms with Gasteiger partial charge in [0.05, 0.1) is 18.7 Å². The van der Waals surface area contributed by atoms with Gasteiger partial charge in [-0.05, 0) is 29.8 Å². The smallest absolute Gasteiger partial charge is 0.340 e. The minimum atomic E-state index is -0.390. The van der Waals surface area contributed by atoms with Crippen LogP contribution >= 0.6 is 23.4 Å². The van der Waals surface area contributed by atoms with Gasteiger partial charge in [-0.15, -0.1) is 11.8 Å². The maximum Gasteiger partial charge on any atom is 0.340 e. The number of rotatable bonds is 3. The highest BCUT2D eigenvalue weighted by Gasteiger charge is 2.24. The largest absolute Gasteiger partial charge is 0.465 e. The molecule has 1 heterocycles. The summed E-state index contributed by atoms with van der Waals surface area (Å²) < 4.78 is 4.82. The molecular formula is C16H14ClNO2S. The van der Waals surface area contributed by atoms with Gasteiger partial charge in [0.1, 0.15) is 0 Å². The fourth-order valence-electron chi connectivity index (χ4n) is 2.39. The lowest BCUT2D eigenvalue weighted by Gasteiger charge is -2.17. The molecule has 1 atom stereocenters. The van der Waals surface area contributed by atoms with Gasteiger partial charge in [-0.3, -0.25) is 0 Å². The van der Waals surface area contributed by atoms with Crippen LogP contribution in [0.5, 0.6) is 0 Å². The molecule has 0 radical (unpaired) electrons. The van der Waals surface area contributed by atoms with Crippen molar-refractivity contribution in [2.75, 3.05) is 18.2 Å². The first-order valence-corrected chi connectivity index (χ1v) is 7.91. The standard InChI is InChI=1S/C16H14ClNO2S/c1-20-16(19)12-8-10(17)6-7-13(12)18-14-9-21-15-5-3-2-4-11(14)15/h2-8,14,18H,9H2,1H3. The molecule has 1 N–H and O–H groups in total. The quantitative estimate of drug-likeness (QED) is 0.852. The Balaban J connectivity index is 1.91. The van der Waals surface area contributed by atoms with Crippen molar-refractivity contribution in [3.63, 3.8) is 0 Å². The molecule has 0 bridgehead atoms. The molecule has 1 aliphatic rings. The number of thioether (sulfide) groups is 1. The molecule has 1 aliphatic heterocycles. The minimum absolute atomic E-state index is 0.177. The lowest BCUT2D eigenvalue weighted by molar-refractivity contribution is 0.0602. The van der Waals surface area contributed by atoms with Crippen LogP contribution in [0.15, 0.2) is 47.4 Å². The van der Waals surface area contributed by atoms with Gasteiger partial charge in [0.25, 0.3) is 0 Å². The molecule has 0 aromatic heterocycles. The number of anilines is 1. The summed E-state index contributed by atoms with van der Waals surface area (Å²) in [6, 6.07) is 13.7. The predicted molar refractivity (Wildman–Crippen MR) is 86.3 cm³/mol. The summed E-state index contributed by atoms with van der Waals surface area (Å²) in [6.07, 6.45) is 0. The van der Waals surface area contributed by atoms with Gasteiger partial charge in [-0.1, -0.05) is 29.8 Å². The summed E-state index contributed by atoms with van der Waals surface area (Å²) >= 11 is 7.79. The first kappa shape index (κ1) is 14.3. The third-order valence-corrected chi connectivity index (χ3v) is 4.83. The molecular weight excluding hydrogens is 306 g/mol.